The lowest BCUT2D eigenvalue weighted by atomic mass is 9.90. The minimum Gasteiger partial charge on any atom is -0.351 e. The zero-order valence-corrected chi connectivity index (χ0v) is 13.9. The SMILES string of the molecule is CCCCCC(CC)c1c(-c2cccc(F)c2)ccn1C(N)=O. The predicted octanol–water partition coefficient (Wildman–Crippen LogP) is 5.29. The van der Waals surface area contributed by atoms with Gasteiger partial charge in [0, 0.05) is 23.4 Å². The van der Waals surface area contributed by atoms with E-state index in [1.165, 1.54) is 23.1 Å². The van der Waals surface area contributed by atoms with E-state index >= 15 is 0 Å². The zero-order chi connectivity index (χ0) is 16.8. The second kappa shape index (κ2) is 7.95. The summed E-state index contributed by atoms with van der Waals surface area (Å²) >= 11 is 0. The number of benzene rings is 1. The van der Waals surface area contributed by atoms with E-state index in [0.717, 1.165) is 42.5 Å². The Labute approximate surface area is 137 Å². The van der Waals surface area contributed by atoms with Gasteiger partial charge in [-0.15, -0.1) is 0 Å². The summed E-state index contributed by atoms with van der Waals surface area (Å²) in [5.41, 5.74) is 8.12. The summed E-state index contributed by atoms with van der Waals surface area (Å²) in [4.78, 5) is 11.8. The molecule has 0 saturated heterocycles. The lowest BCUT2D eigenvalue weighted by Gasteiger charge is -2.19. The number of aromatic nitrogens is 1. The summed E-state index contributed by atoms with van der Waals surface area (Å²) in [6, 6.07) is 7.85. The second-order valence-electron chi connectivity index (χ2n) is 5.93. The minimum absolute atomic E-state index is 0.238. The summed E-state index contributed by atoms with van der Waals surface area (Å²) in [6.45, 7) is 4.29. The van der Waals surface area contributed by atoms with Crippen molar-refractivity contribution >= 4 is 6.03 Å². The van der Waals surface area contributed by atoms with Crippen molar-refractivity contribution in [1.82, 2.24) is 4.57 Å². The highest BCUT2D eigenvalue weighted by Crippen LogP contribution is 2.35. The standard InChI is InChI=1S/C19H25FN2O/c1-3-5-6-8-14(4-2)18-17(11-12-22(18)19(21)23)15-9-7-10-16(20)13-15/h7,9-14H,3-6,8H2,1-2H3,(H2,21,23). The van der Waals surface area contributed by atoms with Gasteiger partial charge in [-0.05, 0) is 36.6 Å². The van der Waals surface area contributed by atoms with Gasteiger partial charge in [0.2, 0.25) is 0 Å². The second-order valence-corrected chi connectivity index (χ2v) is 5.93. The van der Waals surface area contributed by atoms with Crippen LogP contribution >= 0.6 is 0 Å². The highest BCUT2D eigenvalue weighted by atomic mass is 19.1. The molecule has 0 bridgehead atoms. The Balaban J connectivity index is 2.45. The van der Waals surface area contributed by atoms with E-state index in [4.69, 9.17) is 5.73 Å². The Kier molecular flexibility index (Phi) is 5.97. The predicted molar refractivity (Wildman–Crippen MR) is 92.0 cm³/mol. The number of hydrogen-bond donors (Lipinski definition) is 1. The Bertz CT molecular complexity index is 663. The summed E-state index contributed by atoms with van der Waals surface area (Å²) in [6.07, 6.45) is 7.06. The Morgan fingerprint density at radius 1 is 1.26 bits per heavy atom. The fraction of sp³-hybridized carbons (Fsp3) is 0.421. The number of nitrogens with two attached hydrogens (primary N) is 1. The molecule has 1 aromatic heterocycles. The van der Waals surface area contributed by atoms with Crippen LogP contribution in [0.4, 0.5) is 9.18 Å². The van der Waals surface area contributed by atoms with Crippen molar-refractivity contribution in [3.8, 4) is 11.1 Å². The van der Waals surface area contributed by atoms with Crippen molar-refractivity contribution in [3.05, 3.63) is 48.0 Å². The minimum atomic E-state index is -0.489. The number of nitrogens with zero attached hydrogens (tertiary/aromatic N) is 1. The van der Waals surface area contributed by atoms with E-state index in [9.17, 15) is 9.18 Å². The van der Waals surface area contributed by atoms with E-state index in [2.05, 4.69) is 13.8 Å². The first-order valence-corrected chi connectivity index (χ1v) is 8.35. The van der Waals surface area contributed by atoms with Gasteiger partial charge in [-0.25, -0.2) is 9.18 Å². The molecule has 23 heavy (non-hydrogen) atoms. The molecular formula is C19H25FN2O. The van der Waals surface area contributed by atoms with Crippen LogP contribution in [0.1, 0.15) is 57.6 Å². The number of rotatable bonds is 7. The Morgan fingerprint density at radius 3 is 2.65 bits per heavy atom. The van der Waals surface area contributed by atoms with Gasteiger partial charge in [0.15, 0.2) is 0 Å². The number of carbonyl (C=O) groups excluding carboxylic acids is 1. The van der Waals surface area contributed by atoms with Gasteiger partial charge in [-0.1, -0.05) is 45.2 Å². The van der Waals surface area contributed by atoms with E-state index in [1.54, 1.807) is 12.3 Å². The Hall–Kier alpha value is -2.10. The largest absolute Gasteiger partial charge is 0.351 e. The van der Waals surface area contributed by atoms with Crippen LogP contribution in [-0.2, 0) is 0 Å². The summed E-state index contributed by atoms with van der Waals surface area (Å²) in [7, 11) is 0. The van der Waals surface area contributed by atoms with Gasteiger partial charge in [0.25, 0.3) is 0 Å². The van der Waals surface area contributed by atoms with Crippen molar-refractivity contribution < 1.29 is 9.18 Å². The third-order valence-electron chi connectivity index (χ3n) is 4.33. The van der Waals surface area contributed by atoms with Crippen molar-refractivity contribution in [1.29, 1.82) is 0 Å². The molecule has 1 amide bonds. The van der Waals surface area contributed by atoms with Crippen molar-refractivity contribution in [2.45, 2.75) is 51.9 Å². The highest BCUT2D eigenvalue weighted by molar-refractivity contribution is 5.80. The van der Waals surface area contributed by atoms with Gasteiger partial charge in [-0.3, -0.25) is 4.57 Å². The normalized spacial score (nSPS) is 12.3. The molecule has 1 unspecified atom stereocenters. The molecule has 1 heterocycles. The first kappa shape index (κ1) is 17.3. The molecule has 0 fully saturated rings. The first-order valence-electron chi connectivity index (χ1n) is 8.35. The molecule has 0 aliphatic heterocycles. The Morgan fingerprint density at radius 2 is 2.04 bits per heavy atom. The average molecular weight is 316 g/mol. The fourth-order valence-electron chi connectivity index (χ4n) is 3.13. The maximum Gasteiger partial charge on any atom is 0.323 e. The van der Waals surface area contributed by atoms with Gasteiger partial charge in [-0.2, -0.15) is 0 Å². The zero-order valence-electron chi connectivity index (χ0n) is 13.9. The molecule has 2 aromatic rings. The number of halogens is 1. The smallest absolute Gasteiger partial charge is 0.323 e. The first-order chi connectivity index (χ1) is 11.1. The van der Waals surface area contributed by atoms with E-state index in [1.807, 2.05) is 12.1 Å². The third kappa shape index (κ3) is 4.01. The topological polar surface area (TPSA) is 48.0 Å². The number of primary amides is 1. The molecule has 4 heteroatoms. The molecule has 3 nitrogen and oxygen atoms in total. The van der Waals surface area contributed by atoms with Crippen molar-refractivity contribution in [2.24, 2.45) is 5.73 Å². The summed E-state index contributed by atoms with van der Waals surface area (Å²) in [5.74, 6) is -0.0402. The van der Waals surface area contributed by atoms with Gasteiger partial charge in [0.1, 0.15) is 5.82 Å². The molecule has 2 rings (SSSR count). The van der Waals surface area contributed by atoms with Crippen LogP contribution < -0.4 is 5.73 Å². The lowest BCUT2D eigenvalue weighted by molar-refractivity contribution is 0.249. The molecule has 1 atom stereocenters. The van der Waals surface area contributed by atoms with Crippen molar-refractivity contribution in [2.75, 3.05) is 0 Å². The van der Waals surface area contributed by atoms with Crippen LogP contribution in [0.5, 0.6) is 0 Å². The van der Waals surface area contributed by atoms with E-state index < -0.39 is 6.03 Å². The van der Waals surface area contributed by atoms with Crippen LogP contribution in [0.3, 0.4) is 0 Å². The maximum atomic E-state index is 13.6. The van der Waals surface area contributed by atoms with Gasteiger partial charge in [0.05, 0.1) is 0 Å². The monoisotopic (exact) mass is 316 g/mol. The molecule has 0 aliphatic carbocycles. The number of unbranched alkanes of at least 4 members (excludes halogenated alkanes) is 2. The van der Waals surface area contributed by atoms with Crippen LogP contribution in [0.2, 0.25) is 0 Å². The molecule has 2 N–H and O–H groups in total. The molecule has 1 aromatic carbocycles. The van der Waals surface area contributed by atoms with Gasteiger partial charge >= 0.3 is 6.03 Å². The molecule has 124 valence electrons. The van der Waals surface area contributed by atoms with E-state index in [0.29, 0.717) is 0 Å². The molecule has 0 saturated carbocycles. The fourth-order valence-corrected chi connectivity index (χ4v) is 3.13. The summed E-state index contributed by atoms with van der Waals surface area (Å²) in [5, 5.41) is 0. The molecule has 0 radical (unpaired) electrons. The van der Waals surface area contributed by atoms with Gasteiger partial charge < -0.3 is 5.73 Å². The van der Waals surface area contributed by atoms with Crippen molar-refractivity contribution in [3.63, 3.8) is 0 Å². The molecule has 0 spiro atoms. The van der Waals surface area contributed by atoms with E-state index in [-0.39, 0.29) is 11.7 Å². The molecular weight excluding hydrogens is 291 g/mol. The van der Waals surface area contributed by atoms with Crippen LogP contribution in [0, 0.1) is 5.82 Å². The quantitative estimate of drug-likeness (QED) is 0.693. The average Bonchev–Trinajstić information content (AvgIpc) is 2.96. The van der Waals surface area contributed by atoms with Crippen LogP contribution in [0.25, 0.3) is 11.1 Å². The summed E-state index contributed by atoms with van der Waals surface area (Å²) < 4.78 is 15.1. The number of hydrogen-bond acceptors (Lipinski definition) is 1. The number of amides is 1. The third-order valence-corrected chi connectivity index (χ3v) is 4.33. The lowest BCUT2D eigenvalue weighted by Crippen LogP contribution is -2.22. The maximum absolute atomic E-state index is 13.6. The molecule has 0 aliphatic rings. The number of carbonyl (C=O) groups is 1. The highest BCUT2D eigenvalue weighted by Gasteiger charge is 2.21. The van der Waals surface area contributed by atoms with Crippen LogP contribution in [0.15, 0.2) is 36.5 Å². The van der Waals surface area contributed by atoms with Crippen LogP contribution in [-0.4, -0.2) is 10.6 Å².